The molecule has 3 aromatic carbocycles. The van der Waals surface area contributed by atoms with Crippen LogP contribution in [-0.2, 0) is 0 Å². The number of aromatic nitrogens is 2. The Labute approximate surface area is 150 Å². The average molecular weight is 340 g/mol. The molecule has 4 rings (SSSR count). The Hall–Kier alpha value is -3.73. The van der Waals surface area contributed by atoms with Gasteiger partial charge in [0, 0.05) is 5.56 Å². The van der Waals surface area contributed by atoms with Crippen molar-refractivity contribution in [2.45, 2.75) is 0 Å². The Kier molecular flexibility index (Phi) is 4.26. The highest BCUT2D eigenvalue weighted by Crippen LogP contribution is 2.23. The summed E-state index contributed by atoms with van der Waals surface area (Å²) in [7, 11) is 0. The van der Waals surface area contributed by atoms with E-state index in [9.17, 15) is 4.79 Å². The van der Waals surface area contributed by atoms with Crippen LogP contribution in [0.25, 0.3) is 22.0 Å². The Morgan fingerprint density at radius 1 is 0.923 bits per heavy atom. The van der Waals surface area contributed by atoms with E-state index < -0.39 is 0 Å². The summed E-state index contributed by atoms with van der Waals surface area (Å²) in [5.41, 5.74) is 5.44. The Morgan fingerprint density at radius 3 is 2.54 bits per heavy atom. The van der Waals surface area contributed by atoms with Crippen molar-refractivity contribution in [3.05, 3.63) is 90.1 Å². The van der Waals surface area contributed by atoms with Crippen LogP contribution in [0.15, 0.2) is 84.0 Å². The topological polar surface area (TPSA) is 70.1 Å². The van der Waals surface area contributed by atoms with E-state index in [-0.39, 0.29) is 5.91 Å². The lowest BCUT2D eigenvalue weighted by Crippen LogP contribution is -2.17. The van der Waals surface area contributed by atoms with Crippen LogP contribution in [0.2, 0.25) is 0 Å². The normalized spacial score (nSPS) is 11.1. The van der Waals surface area contributed by atoms with Crippen molar-refractivity contribution in [1.82, 2.24) is 15.6 Å². The number of carbonyl (C=O) groups is 1. The second kappa shape index (κ2) is 7.03. The number of aromatic amines is 1. The van der Waals surface area contributed by atoms with E-state index >= 15 is 0 Å². The highest BCUT2D eigenvalue weighted by molar-refractivity contribution is 5.94. The van der Waals surface area contributed by atoms with E-state index in [1.54, 1.807) is 12.3 Å². The summed E-state index contributed by atoms with van der Waals surface area (Å²) in [6.07, 6.45) is 1.60. The summed E-state index contributed by atoms with van der Waals surface area (Å²) in [5.74, 6) is -0.336. The van der Waals surface area contributed by atoms with Gasteiger partial charge in [-0.2, -0.15) is 10.2 Å². The monoisotopic (exact) mass is 340 g/mol. The van der Waals surface area contributed by atoms with Gasteiger partial charge in [-0.3, -0.25) is 9.89 Å². The largest absolute Gasteiger partial charge is 0.289 e. The molecular formula is C21H16N4O. The summed E-state index contributed by atoms with van der Waals surface area (Å²) in [6, 6.07) is 25.5. The summed E-state index contributed by atoms with van der Waals surface area (Å²) in [4.78, 5) is 12.2. The van der Waals surface area contributed by atoms with Gasteiger partial charge < -0.3 is 0 Å². The predicted octanol–water partition coefficient (Wildman–Crippen LogP) is 3.99. The molecular weight excluding hydrogens is 324 g/mol. The number of H-pyrrole nitrogens is 1. The van der Waals surface area contributed by atoms with Crippen molar-refractivity contribution >= 4 is 22.9 Å². The molecule has 0 atom stereocenters. The number of rotatable bonds is 4. The first-order valence-corrected chi connectivity index (χ1v) is 8.23. The zero-order valence-electron chi connectivity index (χ0n) is 13.9. The summed E-state index contributed by atoms with van der Waals surface area (Å²) < 4.78 is 0. The quantitative estimate of drug-likeness (QED) is 0.435. The molecule has 0 saturated carbocycles. The van der Waals surface area contributed by atoms with Crippen LogP contribution in [0.4, 0.5) is 0 Å². The van der Waals surface area contributed by atoms with E-state index in [0.717, 1.165) is 16.5 Å². The average Bonchev–Trinajstić information content (AvgIpc) is 3.19. The molecule has 0 aliphatic carbocycles. The van der Waals surface area contributed by atoms with E-state index in [0.29, 0.717) is 11.4 Å². The van der Waals surface area contributed by atoms with Gasteiger partial charge >= 0.3 is 0 Å². The number of benzene rings is 3. The fourth-order valence-corrected chi connectivity index (χ4v) is 2.70. The molecule has 1 amide bonds. The smallest absolute Gasteiger partial charge is 0.272 e. The van der Waals surface area contributed by atoms with Gasteiger partial charge in [-0.1, -0.05) is 66.7 Å². The van der Waals surface area contributed by atoms with Crippen LogP contribution in [0.1, 0.15) is 16.1 Å². The van der Waals surface area contributed by atoms with E-state index in [4.69, 9.17) is 0 Å². The summed E-state index contributed by atoms with van der Waals surface area (Å²) >= 11 is 0. The molecule has 2 N–H and O–H groups in total. The number of nitrogens with one attached hydrogen (secondary N) is 2. The maximum absolute atomic E-state index is 12.2. The predicted molar refractivity (Wildman–Crippen MR) is 103 cm³/mol. The molecule has 0 bridgehead atoms. The van der Waals surface area contributed by atoms with Crippen molar-refractivity contribution in [3.63, 3.8) is 0 Å². The molecule has 5 nitrogen and oxygen atoms in total. The number of hydrazone groups is 1. The molecule has 0 fully saturated rings. The van der Waals surface area contributed by atoms with Gasteiger partial charge in [0.25, 0.3) is 5.91 Å². The molecule has 5 heteroatoms. The second-order valence-electron chi connectivity index (χ2n) is 5.84. The molecule has 4 aromatic rings. The lowest BCUT2D eigenvalue weighted by Gasteiger charge is -2.00. The zero-order valence-corrected chi connectivity index (χ0v) is 13.9. The van der Waals surface area contributed by atoms with Crippen molar-refractivity contribution in [3.8, 4) is 11.3 Å². The summed E-state index contributed by atoms with van der Waals surface area (Å²) in [6.45, 7) is 0. The number of hydrogen-bond acceptors (Lipinski definition) is 3. The minimum absolute atomic E-state index is 0.336. The molecule has 0 saturated heterocycles. The fraction of sp³-hybridized carbons (Fsp3) is 0. The summed E-state index contributed by atoms with van der Waals surface area (Å²) in [5, 5.41) is 13.3. The standard InChI is InChI=1S/C21H16N4O/c26-21(25-22-14-15-6-2-1-3-7-15)20-13-19(23-24-20)18-11-10-16-8-4-5-9-17(16)12-18/h1-14H,(H,23,24)(H,25,26). The minimum Gasteiger partial charge on any atom is -0.272 e. The molecule has 0 unspecified atom stereocenters. The number of hydrogen-bond donors (Lipinski definition) is 2. The highest BCUT2D eigenvalue weighted by atomic mass is 16.2. The SMILES string of the molecule is O=C(NN=Cc1ccccc1)c1cc(-c2ccc3ccccc3c2)n[nH]1. The third-order valence-electron chi connectivity index (χ3n) is 4.05. The lowest BCUT2D eigenvalue weighted by molar-refractivity contribution is 0.0950. The van der Waals surface area contributed by atoms with E-state index in [1.807, 2.05) is 54.6 Å². The van der Waals surface area contributed by atoms with Crippen molar-refractivity contribution < 1.29 is 4.79 Å². The lowest BCUT2D eigenvalue weighted by atomic mass is 10.1. The van der Waals surface area contributed by atoms with E-state index in [1.165, 1.54) is 5.39 Å². The number of amides is 1. The van der Waals surface area contributed by atoms with Gasteiger partial charge in [-0.05, 0) is 28.5 Å². The van der Waals surface area contributed by atoms with Gasteiger partial charge in [-0.25, -0.2) is 5.43 Å². The number of fused-ring (bicyclic) bond motifs is 1. The molecule has 0 spiro atoms. The maximum atomic E-state index is 12.2. The van der Waals surface area contributed by atoms with Gasteiger partial charge in [-0.15, -0.1) is 0 Å². The Morgan fingerprint density at radius 2 is 1.69 bits per heavy atom. The third kappa shape index (κ3) is 3.37. The van der Waals surface area contributed by atoms with Crippen LogP contribution in [0, 0.1) is 0 Å². The molecule has 126 valence electrons. The third-order valence-corrected chi connectivity index (χ3v) is 4.05. The minimum atomic E-state index is -0.336. The molecule has 1 aromatic heterocycles. The van der Waals surface area contributed by atoms with Gasteiger partial charge in [0.15, 0.2) is 0 Å². The second-order valence-corrected chi connectivity index (χ2v) is 5.84. The molecule has 1 heterocycles. The van der Waals surface area contributed by atoms with Gasteiger partial charge in [0.1, 0.15) is 5.69 Å². The maximum Gasteiger partial charge on any atom is 0.289 e. The van der Waals surface area contributed by atoms with Gasteiger partial charge in [0.2, 0.25) is 0 Å². The molecule has 0 aliphatic heterocycles. The van der Waals surface area contributed by atoms with Crippen molar-refractivity contribution in [2.24, 2.45) is 5.10 Å². The Balaban J connectivity index is 1.49. The zero-order chi connectivity index (χ0) is 17.8. The van der Waals surface area contributed by atoms with Crippen LogP contribution in [-0.4, -0.2) is 22.3 Å². The van der Waals surface area contributed by atoms with Crippen LogP contribution in [0.5, 0.6) is 0 Å². The highest BCUT2D eigenvalue weighted by Gasteiger charge is 2.10. The Bertz CT molecular complexity index is 1080. The molecule has 26 heavy (non-hydrogen) atoms. The van der Waals surface area contributed by atoms with E-state index in [2.05, 4.69) is 38.9 Å². The first kappa shape index (κ1) is 15.8. The number of carbonyl (C=O) groups excluding carboxylic acids is 1. The van der Waals surface area contributed by atoms with Crippen molar-refractivity contribution in [2.75, 3.05) is 0 Å². The number of nitrogens with zero attached hydrogens (tertiary/aromatic N) is 2. The molecule has 0 aliphatic rings. The first-order chi connectivity index (χ1) is 12.8. The fourth-order valence-electron chi connectivity index (χ4n) is 2.70. The van der Waals surface area contributed by atoms with Crippen LogP contribution < -0.4 is 5.43 Å². The van der Waals surface area contributed by atoms with Crippen LogP contribution in [0.3, 0.4) is 0 Å². The molecule has 0 radical (unpaired) electrons. The van der Waals surface area contributed by atoms with Crippen molar-refractivity contribution in [1.29, 1.82) is 0 Å². The van der Waals surface area contributed by atoms with Gasteiger partial charge in [0.05, 0.1) is 11.9 Å². The first-order valence-electron chi connectivity index (χ1n) is 8.23. The van der Waals surface area contributed by atoms with Crippen LogP contribution >= 0.6 is 0 Å².